The van der Waals surface area contributed by atoms with Crippen LogP contribution < -0.4 is 4.74 Å². The van der Waals surface area contributed by atoms with Crippen molar-refractivity contribution in [1.29, 1.82) is 0 Å². The van der Waals surface area contributed by atoms with Crippen LogP contribution in [0.4, 0.5) is 0 Å². The number of hydrogen-bond donors (Lipinski definition) is 0. The molecule has 6 heteroatoms. The van der Waals surface area contributed by atoms with E-state index in [1.165, 1.54) is 0 Å². The Morgan fingerprint density at radius 1 is 1.38 bits per heavy atom. The summed E-state index contributed by atoms with van der Waals surface area (Å²) < 4.78 is 29.9. The van der Waals surface area contributed by atoms with E-state index < -0.39 is 15.9 Å². The van der Waals surface area contributed by atoms with E-state index in [0.717, 1.165) is 16.3 Å². The van der Waals surface area contributed by atoms with Gasteiger partial charge in [0, 0.05) is 6.54 Å². The lowest BCUT2D eigenvalue weighted by atomic mass is 9.98. The summed E-state index contributed by atoms with van der Waals surface area (Å²) >= 11 is 0. The fourth-order valence-corrected chi connectivity index (χ4v) is 3.85. The van der Waals surface area contributed by atoms with E-state index in [9.17, 15) is 13.2 Å². The first-order valence-electron chi connectivity index (χ1n) is 7.20. The molecular formula is C15H21NO4S. The van der Waals surface area contributed by atoms with Crippen LogP contribution in [-0.4, -0.2) is 37.5 Å². The van der Waals surface area contributed by atoms with Gasteiger partial charge in [0.15, 0.2) is 6.61 Å². The molecule has 1 aromatic carbocycles. The molecule has 0 radical (unpaired) electrons. The summed E-state index contributed by atoms with van der Waals surface area (Å²) in [4.78, 5) is 12.0. The van der Waals surface area contributed by atoms with Crippen molar-refractivity contribution in [2.24, 2.45) is 0 Å². The molecule has 0 unspecified atom stereocenters. The average Bonchev–Trinajstić information content (AvgIpc) is 2.83. The molecule has 5 nitrogen and oxygen atoms in total. The zero-order valence-corrected chi connectivity index (χ0v) is 13.2. The molecule has 1 aliphatic rings. The van der Waals surface area contributed by atoms with Crippen molar-refractivity contribution in [2.75, 3.05) is 18.9 Å². The van der Waals surface area contributed by atoms with Crippen LogP contribution >= 0.6 is 0 Å². The Morgan fingerprint density at radius 3 is 2.71 bits per heavy atom. The van der Waals surface area contributed by atoms with E-state index in [-0.39, 0.29) is 18.9 Å². The first-order chi connectivity index (χ1) is 9.95. The standard InChI is InChI=1S/C15H21NO4S/c1-3-12(2)13-7-4-5-8-14(13)20-11-15(17)16-9-6-10-21(16,18)19/h4-5,7-8,12H,3,6,9-11H2,1-2H3/t12-/m1/s1. The van der Waals surface area contributed by atoms with E-state index in [4.69, 9.17) is 4.74 Å². The molecule has 2 rings (SSSR count). The van der Waals surface area contributed by atoms with Gasteiger partial charge in [-0.25, -0.2) is 12.7 Å². The molecule has 1 amide bonds. The number of ether oxygens (including phenoxy) is 1. The molecule has 21 heavy (non-hydrogen) atoms. The number of para-hydroxylation sites is 1. The highest BCUT2D eigenvalue weighted by Crippen LogP contribution is 2.28. The summed E-state index contributed by atoms with van der Waals surface area (Å²) in [6.07, 6.45) is 1.46. The summed E-state index contributed by atoms with van der Waals surface area (Å²) in [6, 6.07) is 7.56. The monoisotopic (exact) mass is 311 g/mol. The zero-order valence-electron chi connectivity index (χ0n) is 12.4. The number of carbonyl (C=O) groups excluding carboxylic acids is 1. The first-order valence-corrected chi connectivity index (χ1v) is 8.81. The van der Waals surface area contributed by atoms with Crippen LogP contribution in [-0.2, 0) is 14.8 Å². The summed E-state index contributed by atoms with van der Waals surface area (Å²) in [7, 11) is -3.42. The third-order valence-electron chi connectivity index (χ3n) is 3.79. The summed E-state index contributed by atoms with van der Waals surface area (Å²) in [5.74, 6) is 0.525. The number of nitrogens with zero attached hydrogens (tertiary/aromatic N) is 1. The molecule has 1 heterocycles. The van der Waals surface area contributed by atoms with Gasteiger partial charge in [0.2, 0.25) is 10.0 Å². The molecule has 0 aromatic heterocycles. The van der Waals surface area contributed by atoms with Crippen molar-refractivity contribution in [3.8, 4) is 5.75 Å². The lowest BCUT2D eigenvalue weighted by molar-refractivity contribution is -0.128. The van der Waals surface area contributed by atoms with Gasteiger partial charge >= 0.3 is 0 Å². The van der Waals surface area contributed by atoms with Gasteiger partial charge in [0.1, 0.15) is 5.75 Å². The Labute approximate surface area is 126 Å². The molecule has 0 N–H and O–H groups in total. The lowest BCUT2D eigenvalue weighted by Crippen LogP contribution is -2.36. The highest BCUT2D eigenvalue weighted by Gasteiger charge is 2.32. The quantitative estimate of drug-likeness (QED) is 0.836. The number of carbonyl (C=O) groups is 1. The predicted molar refractivity (Wildman–Crippen MR) is 80.8 cm³/mol. The maximum Gasteiger partial charge on any atom is 0.273 e. The molecule has 1 fully saturated rings. The van der Waals surface area contributed by atoms with E-state index in [1.807, 2.05) is 24.3 Å². The van der Waals surface area contributed by atoms with Gasteiger partial charge in [-0.1, -0.05) is 32.0 Å². The van der Waals surface area contributed by atoms with Gasteiger partial charge in [-0.05, 0) is 30.4 Å². The Kier molecular flexibility index (Phi) is 4.88. The van der Waals surface area contributed by atoms with Gasteiger partial charge in [0.25, 0.3) is 5.91 Å². The molecule has 1 atom stereocenters. The van der Waals surface area contributed by atoms with Crippen molar-refractivity contribution in [1.82, 2.24) is 4.31 Å². The van der Waals surface area contributed by atoms with Gasteiger partial charge in [-0.15, -0.1) is 0 Å². The Bertz CT molecular complexity index is 612. The molecule has 1 aromatic rings. The Balaban J connectivity index is 2.05. The maximum absolute atomic E-state index is 12.0. The van der Waals surface area contributed by atoms with Crippen LogP contribution in [0.5, 0.6) is 5.75 Å². The lowest BCUT2D eigenvalue weighted by Gasteiger charge is -2.18. The molecule has 1 aliphatic heterocycles. The molecule has 0 aliphatic carbocycles. The van der Waals surface area contributed by atoms with Crippen molar-refractivity contribution < 1.29 is 17.9 Å². The van der Waals surface area contributed by atoms with Crippen LogP contribution in [0.15, 0.2) is 24.3 Å². The minimum absolute atomic E-state index is 0.0438. The van der Waals surface area contributed by atoms with Crippen LogP contribution in [0.1, 0.15) is 38.2 Å². The van der Waals surface area contributed by atoms with Gasteiger partial charge in [0.05, 0.1) is 5.75 Å². The second-order valence-corrected chi connectivity index (χ2v) is 7.28. The van der Waals surface area contributed by atoms with Gasteiger partial charge in [-0.3, -0.25) is 4.79 Å². The molecular weight excluding hydrogens is 290 g/mol. The number of amides is 1. The van der Waals surface area contributed by atoms with E-state index in [1.54, 1.807) is 0 Å². The molecule has 1 saturated heterocycles. The van der Waals surface area contributed by atoms with Gasteiger partial charge in [-0.2, -0.15) is 0 Å². The minimum Gasteiger partial charge on any atom is -0.483 e. The van der Waals surface area contributed by atoms with E-state index in [2.05, 4.69) is 13.8 Å². The second-order valence-electron chi connectivity index (χ2n) is 5.27. The largest absolute Gasteiger partial charge is 0.483 e. The summed E-state index contributed by atoms with van der Waals surface area (Å²) in [5, 5.41) is 0. The van der Waals surface area contributed by atoms with Crippen LogP contribution in [0, 0.1) is 0 Å². The van der Waals surface area contributed by atoms with Crippen LogP contribution in [0.3, 0.4) is 0 Å². The predicted octanol–water partition coefficient (Wildman–Crippen LogP) is 2.14. The van der Waals surface area contributed by atoms with E-state index in [0.29, 0.717) is 18.1 Å². The number of benzene rings is 1. The van der Waals surface area contributed by atoms with Crippen LogP contribution in [0.25, 0.3) is 0 Å². The molecule has 0 spiro atoms. The maximum atomic E-state index is 12.0. The molecule has 0 bridgehead atoms. The minimum atomic E-state index is -3.42. The highest BCUT2D eigenvalue weighted by atomic mass is 32.2. The van der Waals surface area contributed by atoms with Crippen molar-refractivity contribution in [3.63, 3.8) is 0 Å². The second kappa shape index (κ2) is 6.47. The van der Waals surface area contributed by atoms with Crippen molar-refractivity contribution >= 4 is 15.9 Å². The van der Waals surface area contributed by atoms with Gasteiger partial charge < -0.3 is 4.74 Å². The normalized spacial score (nSPS) is 18.5. The van der Waals surface area contributed by atoms with Crippen molar-refractivity contribution in [3.05, 3.63) is 29.8 Å². The first kappa shape index (κ1) is 15.8. The SMILES string of the molecule is CC[C@@H](C)c1ccccc1OCC(=O)N1CCCS1(=O)=O. The average molecular weight is 311 g/mol. The van der Waals surface area contributed by atoms with E-state index >= 15 is 0 Å². The topological polar surface area (TPSA) is 63.7 Å². The van der Waals surface area contributed by atoms with Crippen LogP contribution in [0.2, 0.25) is 0 Å². The zero-order chi connectivity index (χ0) is 15.5. The number of rotatable bonds is 5. The fraction of sp³-hybridized carbons (Fsp3) is 0.533. The third-order valence-corrected chi connectivity index (χ3v) is 5.65. The molecule has 0 saturated carbocycles. The van der Waals surface area contributed by atoms with Crippen molar-refractivity contribution in [2.45, 2.75) is 32.6 Å². The highest BCUT2D eigenvalue weighted by molar-refractivity contribution is 7.89. The smallest absolute Gasteiger partial charge is 0.273 e. The molecule has 116 valence electrons. The Morgan fingerprint density at radius 2 is 2.10 bits per heavy atom. The number of sulfonamides is 1. The summed E-state index contributed by atoms with van der Waals surface area (Å²) in [6.45, 7) is 4.20. The number of hydrogen-bond acceptors (Lipinski definition) is 4. The Hall–Kier alpha value is -1.56. The fourth-order valence-electron chi connectivity index (χ4n) is 2.37. The third kappa shape index (κ3) is 3.56. The summed E-state index contributed by atoms with van der Waals surface area (Å²) in [5.41, 5.74) is 1.04.